The van der Waals surface area contributed by atoms with Gasteiger partial charge in [0.25, 0.3) is 0 Å². The zero-order valence-corrected chi connectivity index (χ0v) is 15.1. The summed E-state index contributed by atoms with van der Waals surface area (Å²) in [7, 11) is 1.98. The summed E-state index contributed by atoms with van der Waals surface area (Å²) >= 11 is 1.66. The summed E-state index contributed by atoms with van der Waals surface area (Å²) < 4.78 is 1.99. The van der Waals surface area contributed by atoms with E-state index < -0.39 is 0 Å². The molecular formula is C19H22N4OS. The molecule has 1 amide bonds. The smallest absolute Gasteiger partial charge is 0.229 e. The van der Waals surface area contributed by atoms with Crippen LogP contribution in [0.2, 0.25) is 0 Å². The Balaban J connectivity index is 1.41. The third-order valence-electron chi connectivity index (χ3n) is 4.84. The molecule has 1 aliphatic rings. The van der Waals surface area contributed by atoms with Gasteiger partial charge in [0, 0.05) is 48.3 Å². The molecule has 1 aliphatic carbocycles. The van der Waals surface area contributed by atoms with Gasteiger partial charge in [0.15, 0.2) is 5.16 Å². The van der Waals surface area contributed by atoms with Gasteiger partial charge in [-0.15, -0.1) is 0 Å². The minimum atomic E-state index is -0.0608. The number of nitrogens with zero attached hydrogens (tertiary/aromatic N) is 2. The van der Waals surface area contributed by atoms with Crippen molar-refractivity contribution in [3.63, 3.8) is 0 Å². The highest BCUT2D eigenvalue weighted by atomic mass is 32.2. The molecule has 0 saturated carbocycles. The van der Waals surface area contributed by atoms with Gasteiger partial charge in [0.2, 0.25) is 5.91 Å². The highest BCUT2D eigenvalue weighted by Crippen LogP contribution is 2.36. The van der Waals surface area contributed by atoms with Crippen molar-refractivity contribution in [2.75, 3.05) is 12.3 Å². The van der Waals surface area contributed by atoms with Gasteiger partial charge in [-0.1, -0.05) is 30.0 Å². The Kier molecular flexibility index (Phi) is 4.53. The zero-order valence-electron chi connectivity index (χ0n) is 14.3. The lowest BCUT2D eigenvalue weighted by Gasteiger charge is -2.22. The van der Waals surface area contributed by atoms with Crippen molar-refractivity contribution < 1.29 is 4.79 Å². The molecule has 1 aromatic carbocycles. The predicted octanol–water partition coefficient (Wildman–Crippen LogP) is 3.23. The molecule has 5 nitrogen and oxygen atoms in total. The number of carbonyl (C=O) groups is 1. The maximum atomic E-state index is 12.7. The summed E-state index contributed by atoms with van der Waals surface area (Å²) in [5, 5.41) is 5.34. The van der Waals surface area contributed by atoms with Crippen LogP contribution in [0.5, 0.6) is 0 Å². The maximum Gasteiger partial charge on any atom is 0.229 e. The number of imidazole rings is 1. The number of aromatic nitrogens is 3. The molecule has 2 heterocycles. The molecule has 2 aromatic heterocycles. The van der Waals surface area contributed by atoms with E-state index in [0.717, 1.165) is 41.4 Å². The van der Waals surface area contributed by atoms with E-state index in [2.05, 4.69) is 33.5 Å². The van der Waals surface area contributed by atoms with Crippen molar-refractivity contribution in [3.05, 3.63) is 47.9 Å². The van der Waals surface area contributed by atoms with Crippen LogP contribution in [0.3, 0.4) is 0 Å². The van der Waals surface area contributed by atoms with Gasteiger partial charge < -0.3 is 14.9 Å². The Morgan fingerprint density at radius 3 is 3.16 bits per heavy atom. The van der Waals surface area contributed by atoms with Gasteiger partial charge >= 0.3 is 0 Å². The second-order valence-electron chi connectivity index (χ2n) is 6.47. The summed E-state index contributed by atoms with van der Waals surface area (Å²) in [6, 6.07) is 8.34. The van der Waals surface area contributed by atoms with Crippen molar-refractivity contribution in [2.24, 2.45) is 7.05 Å². The molecule has 0 bridgehead atoms. The van der Waals surface area contributed by atoms with Crippen molar-refractivity contribution in [3.8, 4) is 0 Å². The van der Waals surface area contributed by atoms with E-state index in [1.165, 1.54) is 10.9 Å². The Labute approximate surface area is 151 Å². The summed E-state index contributed by atoms with van der Waals surface area (Å²) in [6.07, 6.45) is 6.76. The Morgan fingerprint density at radius 1 is 1.44 bits per heavy atom. The lowest BCUT2D eigenvalue weighted by Crippen LogP contribution is -2.33. The number of hydrogen-bond donors (Lipinski definition) is 2. The molecule has 6 heteroatoms. The third kappa shape index (κ3) is 3.18. The second kappa shape index (κ2) is 6.96. The van der Waals surface area contributed by atoms with Gasteiger partial charge in [-0.25, -0.2) is 4.98 Å². The van der Waals surface area contributed by atoms with Gasteiger partial charge in [-0.05, 0) is 30.9 Å². The molecule has 0 radical (unpaired) electrons. The number of rotatable bonds is 5. The first-order chi connectivity index (χ1) is 12.2. The fourth-order valence-corrected chi connectivity index (χ4v) is 4.39. The lowest BCUT2D eigenvalue weighted by atomic mass is 9.86. The van der Waals surface area contributed by atoms with Crippen LogP contribution in [0.1, 0.15) is 30.0 Å². The van der Waals surface area contributed by atoms with Crippen molar-refractivity contribution in [2.45, 2.75) is 30.3 Å². The number of aryl methyl sites for hydroxylation is 2. The first-order valence-corrected chi connectivity index (χ1v) is 9.70. The van der Waals surface area contributed by atoms with E-state index in [4.69, 9.17) is 0 Å². The van der Waals surface area contributed by atoms with E-state index in [9.17, 15) is 4.79 Å². The molecule has 130 valence electrons. The summed E-state index contributed by atoms with van der Waals surface area (Å²) in [5.41, 5.74) is 3.57. The average Bonchev–Trinajstić information content (AvgIpc) is 3.21. The number of benzene rings is 1. The third-order valence-corrected chi connectivity index (χ3v) is 5.90. The number of nitrogens with one attached hydrogen (secondary N) is 2. The molecule has 0 spiro atoms. The monoisotopic (exact) mass is 354 g/mol. The SMILES string of the molecule is Cn1ccnc1SCCNC(=O)[C@@H]1CCCc2c1[nH]c1ccccc21. The molecular weight excluding hydrogens is 332 g/mol. The lowest BCUT2D eigenvalue weighted by molar-refractivity contribution is -0.122. The molecule has 0 aliphatic heterocycles. The molecule has 4 rings (SSSR count). The van der Waals surface area contributed by atoms with Crippen LogP contribution in [0.4, 0.5) is 0 Å². The van der Waals surface area contributed by atoms with E-state index in [-0.39, 0.29) is 11.8 Å². The summed E-state index contributed by atoms with van der Waals surface area (Å²) in [6.45, 7) is 0.655. The van der Waals surface area contributed by atoms with E-state index >= 15 is 0 Å². The molecule has 1 atom stereocenters. The van der Waals surface area contributed by atoms with E-state index in [1.54, 1.807) is 18.0 Å². The molecule has 0 unspecified atom stereocenters. The average molecular weight is 354 g/mol. The minimum Gasteiger partial charge on any atom is -0.357 e. The fraction of sp³-hybridized carbons (Fsp3) is 0.368. The molecule has 3 aromatic rings. The number of aromatic amines is 1. The molecule has 25 heavy (non-hydrogen) atoms. The number of H-pyrrole nitrogens is 1. The van der Waals surface area contributed by atoms with Crippen LogP contribution in [-0.4, -0.2) is 32.7 Å². The number of fused-ring (bicyclic) bond motifs is 3. The van der Waals surface area contributed by atoms with Crippen molar-refractivity contribution in [1.82, 2.24) is 19.9 Å². The fourth-order valence-electron chi connectivity index (χ4n) is 3.61. The summed E-state index contributed by atoms with van der Waals surface area (Å²) in [5.74, 6) is 0.894. The van der Waals surface area contributed by atoms with Gasteiger partial charge in [-0.2, -0.15) is 0 Å². The first kappa shape index (κ1) is 16.3. The molecule has 0 saturated heterocycles. The number of amides is 1. The first-order valence-electron chi connectivity index (χ1n) is 8.71. The maximum absolute atomic E-state index is 12.7. The van der Waals surface area contributed by atoms with E-state index in [0.29, 0.717) is 6.54 Å². The Morgan fingerprint density at radius 2 is 2.32 bits per heavy atom. The van der Waals surface area contributed by atoms with Crippen molar-refractivity contribution in [1.29, 1.82) is 0 Å². The quantitative estimate of drug-likeness (QED) is 0.546. The highest BCUT2D eigenvalue weighted by Gasteiger charge is 2.29. The Bertz CT molecular complexity index is 898. The Hall–Kier alpha value is -2.21. The van der Waals surface area contributed by atoms with Gasteiger partial charge in [0.05, 0.1) is 5.92 Å². The van der Waals surface area contributed by atoms with Crippen LogP contribution in [0.15, 0.2) is 41.8 Å². The number of thioether (sulfide) groups is 1. The van der Waals surface area contributed by atoms with E-state index in [1.807, 2.05) is 23.9 Å². The largest absolute Gasteiger partial charge is 0.357 e. The van der Waals surface area contributed by atoms with Crippen LogP contribution in [-0.2, 0) is 18.3 Å². The second-order valence-corrected chi connectivity index (χ2v) is 7.53. The highest BCUT2D eigenvalue weighted by molar-refractivity contribution is 7.99. The zero-order chi connectivity index (χ0) is 17.2. The normalized spacial score (nSPS) is 16.8. The standard InChI is InChI=1S/C19H22N4OS/c1-23-11-9-21-19(23)25-12-10-20-18(24)15-7-4-6-14-13-5-2-3-8-16(13)22-17(14)15/h2-3,5,8-9,11,15,22H,4,6-7,10,12H2,1H3,(H,20,24)/t15-/m1/s1. The van der Waals surface area contributed by atoms with Crippen LogP contribution in [0, 0.1) is 0 Å². The van der Waals surface area contributed by atoms with Crippen molar-refractivity contribution >= 4 is 28.6 Å². The minimum absolute atomic E-state index is 0.0608. The number of hydrogen-bond acceptors (Lipinski definition) is 3. The topological polar surface area (TPSA) is 62.7 Å². The van der Waals surface area contributed by atoms with Crippen LogP contribution < -0.4 is 5.32 Å². The van der Waals surface area contributed by atoms with Gasteiger partial charge in [0.1, 0.15) is 0 Å². The number of carbonyl (C=O) groups excluding carboxylic acids is 1. The summed E-state index contributed by atoms with van der Waals surface area (Å²) in [4.78, 5) is 20.5. The number of para-hydroxylation sites is 1. The predicted molar refractivity (Wildman–Crippen MR) is 101 cm³/mol. The van der Waals surface area contributed by atoms with Crippen LogP contribution >= 0.6 is 11.8 Å². The molecule has 2 N–H and O–H groups in total. The van der Waals surface area contributed by atoms with Gasteiger partial charge in [-0.3, -0.25) is 4.79 Å². The van der Waals surface area contributed by atoms with Crippen LogP contribution in [0.25, 0.3) is 10.9 Å². The molecule has 0 fully saturated rings.